The van der Waals surface area contributed by atoms with Gasteiger partial charge >= 0.3 is 0 Å². The number of Topliss-reactive ketones (excluding diaryl/α,β-unsaturated/α-hetero) is 1. The lowest BCUT2D eigenvalue weighted by atomic mass is 9.95. The van der Waals surface area contributed by atoms with Gasteiger partial charge in [0.15, 0.2) is 5.76 Å². The molecule has 0 radical (unpaired) electrons. The molecular weight excluding hydrogens is 538 g/mol. The van der Waals surface area contributed by atoms with Crippen LogP contribution in [-0.4, -0.2) is 57.8 Å². The Morgan fingerprint density at radius 1 is 1.14 bits per heavy atom. The van der Waals surface area contributed by atoms with E-state index in [9.17, 15) is 14.7 Å². The monoisotopic (exact) mass is 567 g/mol. The van der Waals surface area contributed by atoms with Gasteiger partial charge < -0.3 is 14.9 Å². The number of rotatable bonds is 10. The summed E-state index contributed by atoms with van der Waals surface area (Å²) in [7, 11) is 0. The first-order valence-corrected chi connectivity index (χ1v) is 13.8. The number of benzene rings is 2. The van der Waals surface area contributed by atoms with Gasteiger partial charge in [0.25, 0.3) is 5.91 Å². The molecule has 0 saturated carbocycles. The minimum atomic E-state index is -0.666. The lowest BCUT2D eigenvalue weighted by molar-refractivity contribution is -0.129. The number of halogens is 1. The fourth-order valence-electron chi connectivity index (χ4n) is 4.58. The van der Waals surface area contributed by atoms with Crippen LogP contribution in [0, 0.1) is 6.92 Å². The molecule has 0 aliphatic carbocycles. The summed E-state index contributed by atoms with van der Waals surface area (Å²) >= 11 is 4.80. The molecule has 1 aliphatic heterocycles. The van der Waals surface area contributed by atoms with Crippen LogP contribution >= 0.6 is 27.3 Å². The van der Waals surface area contributed by atoms with Crippen molar-refractivity contribution in [3.8, 4) is 10.6 Å². The Hall–Kier alpha value is -2.81. The highest BCUT2D eigenvalue weighted by atomic mass is 79.9. The largest absolute Gasteiger partial charge is 0.503 e. The molecule has 2 heterocycles. The Kier molecular flexibility index (Phi) is 8.39. The second-order valence-electron chi connectivity index (χ2n) is 8.73. The van der Waals surface area contributed by atoms with E-state index in [-0.39, 0.29) is 11.4 Å². The maximum Gasteiger partial charge on any atom is 0.290 e. The summed E-state index contributed by atoms with van der Waals surface area (Å²) < 4.78 is 0.842. The molecule has 0 fully saturated rings. The number of aryl methyl sites for hydroxylation is 1. The molecule has 6 nitrogen and oxygen atoms in total. The van der Waals surface area contributed by atoms with E-state index in [1.54, 1.807) is 11.8 Å². The molecule has 1 aromatic heterocycles. The van der Waals surface area contributed by atoms with Gasteiger partial charge in [-0.25, -0.2) is 4.98 Å². The number of nitrogens with zero attached hydrogens (tertiary/aromatic N) is 3. The van der Waals surface area contributed by atoms with E-state index in [0.717, 1.165) is 46.7 Å². The Morgan fingerprint density at radius 2 is 1.86 bits per heavy atom. The average Bonchev–Trinajstić information content (AvgIpc) is 3.39. The van der Waals surface area contributed by atoms with Gasteiger partial charge in [-0.1, -0.05) is 72.2 Å². The SMILES string of the molecule is CCN(CC)CCCN1C(=O)C(O)=C(C(=O)c2sc(-c3ccccc3)nc2C)C1c1cccc(Br)c1. The number of aliphatic hydroxyl groups excluding tert-OH is 1. The lowest BCUT2D eigenvalue weighted by Gasteiger charge is -2.28. The number of hydrogen-bond donors (Lipinski definition) is 1. The molecule has 0 bridgehead atoms. The third kappa shape index (κ3) is 5.31. The Bertz CT molecular complexity index is 1280. The number of amides is 1. The number of ketones is 1. The third-order valence-corrected chi connectivity index (χ3v) is 8.20. The minimum absolute atomic E-state index is 0.118. The standard InChI is InChI=1S/C28H30BrN3O3S/c1-4-31(5-2)15-10-16-32-23(20-13-9-14-21(29)17-20)22(25(34)28(32)35)24(33)26-18(3)30-27(36-26)19-11-7-6-8-12-19/h6-9,11-14,17,23,34H,4-5,10,15-16H2,1-3H3. The van der Waals surface area contributed by atoms with Crippen LogP contribution in [0.5, 0.6) is 0 Å². The number of aromatic nitrogens is 1. The molecule has 0 saturated heterocycles. The molecule has 2 aromatic carbocycles. The highest BCUT2D eigenvalue weighted by Gasteiger charge is 2.44. The van der Waals surface area contributed by atoms with Crippen LogP contribution in [0.2, 0.25) is 0 Å². The zero-order chi connectivity index (χ0) is 25.8. The molecule has 0 spiro atoms. The van der Waals surface area contributed by atoms with Crippen molar-refractivity contribution in [2.24, 2.45) is 0 Å². The maximum absolute atomic E-state index is 13.9. The van der Waals surface area contributed by atoms with Gasteiger partial charge in [0.1, 0.15) is 5.01 Å². The quantitative estimate of drug-likeness (QED) is 0.295. The lowest BCUT2D eigenvalue weighted by Crippen LogP contribution is -2.34. The normalized spacial score (nSPS) is 15.9. The first kappa shape index (κ1) is 26.3. The van der Waals surface area contributed by atoms with E-state index in [2.05, 4.69) is 39.7 Å². The average molecular weight is 569 g/mol. The molecule has 36 heavy (non-hydrogen) atoms. The van der Waals surface area contributed by atoms with Crippen LogP contribution in [-0.2, 0) is 4.79 Å². The molecule has 3 aromatic rings. The molecular formula is C28H30BrN3O3S. The van der Waals surface area contributed by atoms with E-state index in [1.165, 1.54) is 11.3 Å². The number of hydrogen-bond acceptors (Lipinski definition) is 6. The Morgan fingerprint density at radius 3 is 2.53 bits per heavy atom. The number of carbonyl (C=O) groups excluding carboxylic acids is 2. The number of carbonyl (C=O) groups is 2. The summed E-state index contributed by atoms with van der Waals surface area (Å²) in [4.78, 5) is 36.2. The van der Waals surface area contributed by atoms with E-state index in [0.29, 0.717) is 17.1 Å². The van der Waals surface area contributed by atoms with E-state index in [4.69, 9.17) is 0 Å². The molecule has 1 aliphatic rings. The molecule has 1 N–H and O–H groups in total. The summed E-state index contributed by atoms with van der Waals surface area (Å²) in [6.45, 7) is 9.15. The molecule has 8 heteroatoms. The first-order chi connectivity index (χ1) is 17.3. The summed E-state index contributed by atoms with van der Waals surface area (Å²) in [6.07, 6.45) is 0.740. The van der Waals surface area contributed by atoms with Gasteiger partial charge in [-0.15, -0.1) is 11.3 Å². The van der Waals surface area contributed by atoms with Gasteiger partial charge in [0.05, 0.1) is 22.2 Å². The van der Waals surface area contributed by atoms with E-state index >= 15 is 0 Å². The van der Waals surface area contributed by atoms with Crippen molar-refractivity contribution < 1.29 is 14.7 Å². The summed E-state index contributed by atoms with van der Waals surface area (Å²) in [5, 5.41) is 11.7. The molecule has 4 rings (SSSR count). The number of thiazole rings is 1. The van der Waals surface area contributed by atoms with Crippen molar-refractivity contribution in [1.29, 1.82) is 0 Å². The molecule has 1 amide bonds. The van der Waals surface area contributed by atoms with Gasteiger partial charge in [-0.3, -0.25) is 9.59 Å². The van der Waals surface area contributed by atoms with Crippen LogP contribution in [0.3, 0.4) is 0 Å². The highest BCUT2D eigenvalue weighted by molar-refractivity contribution is 9.10. The predicted octanol–water partition coefficient (Wildman–Crippen LogP) is 6.19. The highest BCUT2D eigenvalue weighted by Crippen LogP contribution is 2.41. The van der Waals surface area contributed by atoms with Crippen molar-refractivity contribution in [1.82, 2.24) is 14.8 Å². The first-order valence-electron chi connectivity index (χ1n) is 12.1. The van der Waals surface area contributed by atoms with Crippen molar-refractivity contribution in [3.63, 3.8) is 0 Å². The second kappa shape index (κ2) is 11.5. The van der Waals surface area contributed by atoms with Crippen molar-refractivity contribution in [2.45, 2.75) is 33.2 Å². The predicted molar refractivity (Wildman–Crippen MR) is 147 cm³/mol. The minimum Gasteiger partial charge on any atom is -0.503 e. The van der Waals surface area contributed by atoms with Crippen LogP contribution in [0.25, 0.3) is 10.6 Å². The molecule has 1 unspecified atom stereocenters. The van der Waals surface area contributed by atoms with Crippen LogP contribution < -0.4 is 0 Å². The zero-order valence-electron chi connectivity index (χ0n) is 20.7. The zero-order valence-corrected chi connectivity index (χ0v) is 23.1. The van der Waals surface area contributed by atoms with Gasteiger partial charge in [0, 0.05) is 16.6 Å². The van der Waals surface area contributed by atoms with Gasteiger partial charge in [-0.05, 0) is 50.7 Å². The summed E-state index contributed by atoms with van der Waals surface area (Å²) in [5.74, 6) is -1.33. The number of aliphatic hydroxyl groups is 1. The van der Waals surface area contributed by atoms with Gasteiger partial charge in [-0.2, -0.15) is 0 Å². The summed E-state index contributed by atoms with van der Waals surface area (Å²) in [6, 6.07) is 16.6. The smallest absolute Gasteiger partial charge is 0.290 e. The van der Waals surface area contributed by atoms with E-state index < -0.39 is 17.7 Å². The van der Waals surface area contributed by atoms with Crippen molar-refractivity contribution in [2.75, 3.05) is 26.2 Å². The fraction of sp³-hybridized carbons (Fsp3) is 0.321. The van der Waals surface area contributed by atoms with Crippen molar-refractivity contribution >= 4 is 39.0 Å². The molecule has 1 atom stereocenters. The van der Waals surface area contributed by atoms with Gasteiger partial charge in [0.2, 0.25) is 5.78 Å². The van der Waals surface area contributed by atoms with E-state index in [1.807, 2.05) is 54.6 Å². The van der Waals surface area contributed by atoms with Crippen LogP contribution in [0.4, 0.5) is 0 Å². The Labute approximate surface area is 224 Å². The third-order valence-electron chi connectivity index (χ3n) is 6.50. The van der Waals surface area contributed by atoms with Crippen LogP contribution in [0.15, 0.2) is 70.4 Å². The summed E-state index contributed by atoms with van der Waals surface area (Å²) in [5.41, 5.74) is 2.40. The molecule has 188 valence electrons. The fourth-order valence-corrected chi connectivity index (χ4v) is 6.02. The second-order valence-corrected chi connectivity index (χ2v) is 10.6. The topological polar surface area (TPSA) is 73.7 Å². The van der Waals surface area contributed by atoms with Crippen molar-refractivity contribution in [3.05, 3.63) is 86.5 Å². The Balaban J connectivity index is 1.70. The maximum atomic E-state index is 13.9. The van der Waals surface area contributed by atoms with Crippen LogP contribution in [0.1, 0.15) is 47.2 Å².